The average Bonchev–Trinajstić information content (AvgIpc) is 2.52. The lowest BCUT2D eigenvalue weighted by Gasteiger charge is -2.32. The molecule has 0 spiro atoms. The van der Waals surface area contributed by atoms with Crippen molar-refractivity contribution >= 4 is 17.5 Å². The Morgan fingerprint density at radius 3 is 2.41 bits per heavy atom. The molecule has 1 saturated heterocycles. The van der Waals surface area contributed by atoms with Crippen LogP contribution >= 0.6 is 0 Å². The normalized spacial score (nSPS) is 15.9. The highest BCUT2D eigenvalue weighted by Crippen LogP contribution is 2.23. The summed E-state index contributed by atoms with van der Waals surface area (Å²) in [6.45, 7) is 8.10. The highest BCUT2D eigenvalue weighted by Gasteiger charge is 2.17. The lowest BCUT2D eigenvalue weighted by atomic mass is 10.1. The number of benzene rings is 1. The number of nitrogens with one attached hydrogen (secondary N) is 1. The molecule has 0 saturated carbocycles. The number of hydrogen-bond donors (Lipinski definition) is 1. The quantitative estimate of drug-likeness (QED) is 0.935. The van der Waals surface area contributed by atoms with Crippen LogP contribution < -0.4 is 10.2 Å². The number of para-hydroxylation sites is 1. The number of likely N-dealkylation sites (N-methyl/N-ethyl adjacent to an activating group) is 1. The molecular weight excluding hydrogens is 276 g/mol. The maximum absolute atomic E-state index is 4.62. The van der Waals surface area contributed by atoms with Crippen molar-refractivity contribution in [3.8, 4) is 0 Å². The Balaban J connectivity index is 1.79. The average molecular weight is 298 g/mol. The topological polar surface area (TPSA) is 57.2 Å². The van der Waals surface area contributed by atoms with Gasteiger partial charge in [-0.3, -0.25) is 0 Å². The van der Waals surface area contributed by atoms with Crippen LogP contribution in [0.5, 0.6) is 0 Å². The van der Waals surface area contributed by atoms with Crippen molar-refractivity contribution in [1.82, 2.24) is 20.1 Å². The third-order valence-corrected chi connectivity index (χ3v) is 4.07. The molecule has 2 aromatic rings. The molecule has 116 valence electrons. The van der Waals surface area contributed by atoms with E-state index < -0.39 is 0 Å². The summed E-state index contributed by atoms with van der Waals surface area (Å²) < 4.78 is 0. The highest BCUT2D eigenvalue weighted by molar-refractivity contribution is 5.64. The van der Waals surface area contributed by atoms with E-state index in [1.807, 2.05) is 0 Å². The molecule has 0 amide bonds. The van der Waals surface area contributed by atoms with Crippen molar-refractivity contribution in [3.63, 3.8) is 0 Å². The predicted octanol–water partition coefficient (Wildman–Crippen LogP) is 1.98. The van der Waals surface area contributed by atoms with E-state index in [1.165, 1.54) is 11.1 Å². The summed E-state index contributed by atoms with van der Waals surface area (Å²) in [4.78, 5) is 9.11. The van der Waals surface area contributed by atoms with Crippen LogP contribution in [0.1, 0.15) is 11.1 Å². The van der Waals surface area contributed by atoms with Gasteiger partial charge in [0.25, 0.3) is 0 Å². The molecule has 1 aromatic heterocycles. The van der Waals surface area contributed by atoms with Gasteiger partial charge in [-0.1, -0.05) is 18.2 Å². The molecule has 1 N–H and O–H groups in total. The van der Waals surface area contributed by atoms with Gasteiger partial charge in [-0.05, 0) is 32.0 Å². The van der Waals surface area contributed by atoms with E-state index in [0.717, 1.165) is 37.7 Å². The Kier molecular flexibility index (Phi) is 4.20. The van der Waals surface area contributed by atoms with Crippen molar-refractivity contribution in [3.05, 3.63) is 35.5 Å². The number of anilines is 3. The molecule has 1 aliphatic heterocycles. The third-order valence-electron chi connectivity index (χ3n) is 4.07. The van der Waals surface area contributed by atoms with Gasteiger partial charge in [0, 0.05) is 31.9 Å². The van der Waals surface area contributed by atoms with E-state index >= 15 is 0 Å². The number of nitrogens with zero attached hydrogens (tertiary/aromatic N) is 5. The summed E-state index contributed by atoms with van der Waals surface area (Å²) in [6.07, 6.45) is 1.67. The van der Waals surface area contributed by atoms with Crippen LogP contribution in [-0.4, -0.2) is 53.3 Å². The Morgan fingerprint density at radius 1 is 1.05 bits per heavy atom. The van der Waals surface area contributed by atoms with Gasteiger partial charge in [-0.2, -0.15) is 10.1 Å². The molecule has 1 aliphatic rings. The van der Waals surface area contributed by atoms with Crippen LogP contribution in [0.25, 0.3) is 0 Å². The first-order chi connectivity index (χ1) is 10.6. The van der Waals surface area contributed by atoms with E-state index in [-0.39, 0.29) is 0 Å². The number of aryl methyl sites for hydroxylation is 2. The van der Waals surface area contributed by atoms with Gasteiger partial charge in [-0.25, -0.2) is 0 Å². The molecule has 0 bridgehead atoms. The molecule has 6 nitrogen and oxygen atoms in total. The minimum absolute atomic E-state index is 0.698. The first-order valence-electron chi connectivity index (χ1n) is 7.60. The minimum atomic E-state index is 0.698. The molecule has 22 heavy (non-hydrogen) atoms. The monoisotopic (exact) mass is 298 g/mol. The van der Waals surface area contributed by atoms with Crippen molar-refractivity contribution in [2.75, 3.05) is 43.4 Å². The van der Waals surface area contributed by atoms with Crippen molar-refractivity contribution in [2.45, 2.75) is 13.8 Å². The Hall–Kier alpha value is -2.21. The minimum Gasteiger partial charge on any atom is -0.338 e. The zero-order valence-electron chi connectivity index (χ0n) is 13.4. The largest absolute Gasteiger partial charge is 0.338 e. The predicted molar refractivity (Wildman–Crippen MR) is 88.7 cm³/mol. The molecule has 0 aliphatic carbocycles. The zero-order chi connectivity index (χ0) is 15.5. The van der Waals surface area contributed by atoms with Gasteiger partial charge < -0.3 is 15.1 Å². The smallest absolute Gasteiger partial charge is 0.247 e. The fourth-order valence-electron chi connectivity index (χ4n) is 2.63. The van der Waals surface area contributed by atoms with Crippen LogP contribution in [0, 0.1) is 13.8 Å². The van der Waals surface area contributed by atoms with Gasteiger partial charge >= 0.3 is 0 Å². The molecular formula is C16H22N6. The van der Waals surface area contributed by atoms with Gasteiger partial charge in [0.05, 0.1) is 6.20 Å². The summed E-state index contributed by atoms with van der Waals surface area (Å²) in [5, 5.41) is 11.7. The maximum Gasteiger partial charge on any atom is 0.247 e. The van der Waals surface area contributed by atoms with Crippen molar-refractivity contribution in [1.29, 1.82) is 0 Å². The molecule has 1 aromatic carbocycles. The molecule has 6 heteroatoms. The summed E-state index contributed by atoms with van der Waals surface area (Å²) >= 11 is 0. The number of hydrogen-bond acceptors (Lipinski definition) is 6. The van der Waals surface area contributed by atoms with E-state index in [9.17, 15) is 0 Å². The van der Waals surface area contributed by atoms with Gasteiger partial charge in [0.2, 0.25) is 5.95 Å². The second-order valence-electron chi connectivity index (χ2n) is 5.82. The molecule has 0 unspecified atom stereocenters. The second kappa shape index (κ2) is 6.27. The number of piperazine rings is 1. The molecule has 0 atom stereocenters. The Labute approximate surface area is 131 Å². The SMILES string of the molecule is Cc1cccc(C)c1Nc1cnnc(N2CCN(C)CC2)n1. The van der Waals surface area contributed by atoms with Gasteiger partial charge in [0.1, 0.15) is 0 Å². The van der Waals surface area contributed by atoms with E-state index in [1.54, 1.807) is 6.20 Å². The van der Waals surface area contributed by atoms with Crippen molar-refractivity contribution in [2.24, 2.45) is 0 Å². The fourth-order valence-corrected chi connectivity index (χ4v) is 2.63. The van der Waals surface area contributed by atoms with Gasteiger partial charge in [0.15, 0.2) is 5.82 Å². The standard InChI is InChI=1S/C16H22N6/c1-12-5-4-6-13(2)15(12)18-14-11-17-20-16(19-14)22-9-7-21(3)8-10-22/h4-6,11H,7-10H2,1-3H3,(H,18,19,20). The van der Waals surface area contributed by atoms with Gasteiger partial charge in [-0.15, -0.1) is 5.10 Å². The number of aromatic nitrogens is 3. The van der Waals surface area contributed by atoms with Crippen LogP contribution in [0.15, 0.2) is 24.4 Å². The summed E-state index contributed by atoms with van der Waals surface area (Å²) in [7, 11) is 2.13. The van der Waals surface area contributed by atoms with Crippen LogP contribution in [-0.2, 0) is 0 Å². The van der Waals surface area contributed by atoms with E-state index in [2.05, 4.69) is 69.4 Å². The second-order valence-corrected chi connectivity index (χ2v) is 5.82. The summed E-state index contributed by atoms with van der Waals surface area (Å²) in [5.74, 6) is 1.44. The van der Waals surface area contributed by atoms with Crippen LogP contribution in [0.4, 0.5) is 17.5 Å². The first-order valence-corrected chi connectivity index (χ1v) is 7.60. The number of rotatable bonds is 3. The Morgan fingerprint density at radius 2 is 1.73 bits per heavy atom. The van der Waals surface area contributed by atoms with Crippen LogP contribution in [0.3, 0.4) is 0 Å². The first kappa shape index (κ1) is 14.7. The highest BCUT2D eigenvalue weighted by atomic mass is 15.4. The molecule has 0 radical (unpaired) electrons. The van der Waals surface area contributed by atoms with Crippen molar-refractivity contribution < 1.29 is 0 Å². The maximum atomic E-state index is 4.62. The molecule has 1 fully saturated rings. The lowest BCUT2D eigenvalue weighted by molar-refractivity contribution is 0.311. The third kappa shape index (κ3) is 3.17. The lowest BCUT2D eigenvalue weighted by Crippen LogP contribution is -2.45. The zero-order valence-corrected chi connectivity index (χ0v) is 13.4. The molecule has 2 heterocycles. The fraction of sp³-hybridized carbons (Fsp3) is 0.438. The van der Waals surface area contributed by atoms with E-state index in [0.29, 0.717) is 5.95 Å². The summed E-state index contributed by atoms with van der Waals surface area (Å²) in [6, 6.07) is 6.24. The molecule has 3 rings (SSSR count). The van der Waals surface area contributed by atoms with Crippen LogP contribution in [0.2, 0.25) is 0 Å². The van der Waals surface area contributed by atoms with E-state index in [4.69, 9.17) is 0 Å². The summed E-state index contributed by atoms with van der Waals surface area (Å²) in [5.41, 5.74) is 3.48. The Bertz CT molecular complexity index is 629.